The topological polar surface area (TPSA) is 36.4 Å². The highest BCUT2D eigenvalue weighted by atomic mass is 32.2. The maximum atomic E-state index is 12.5. The first kappa shape index (κ1) is 16.3. The standard InChI is InChI=1S/C17H21N3OS2/c1-13-15(23-17(18-13)22-2)12-16(21)20-10-8-19(9-11-20)14-6-4-3-5-7-14/h3-7H,8-12H2,1-2H3. The molecule has 0 aliphatic carbocycles. The van der Waals surface area contributed by atoms with Crippen molar-refractivity contribution in [2.75, 3.05) is 37.3 Å². The van der Waals surface area contributed by atoms with Gasteiger partial charge in [-0.25, -0.2) is 4.98 Å². The van der Waals surface area contributed by atoms with Crippen molar-refractivity contribution in [1.29, 1.82) is 0 Å². The van der Waals surface area contributed by atoms with Gasteiger partial charge in [-0.1, -0.05) is 30.0 Å². The average Bonchev–Trinajstić information content (AvgIpc) is 2.96. The van der Waals surface area contributed by atoms with Crippen LogP contribution in [-0.2, 0) is 11.2 Å². The van der Waals surface area contributed by atoms with Crippen LogP contribution in [-0.4, -0.2) is 48.2 Å². The van der Waals surface area contributed by atoms with Gasteiger partial charge in [-0.15, -0.1) is 11.3 Å². The second-order valence-electron chi connectivity index (χ2n) is 5.57. The van der Waals surface area contributed by atoms with Crippen molar-refractivity contribution in [2.45, 2.75) is 17.7 Å². The molecule has 1 aliphatic rings. The van der Waals surface area contributed by atoms with E-state index in [0.717, 1.165) is 41.1 Å². The minimum absolute atomic E-state index is 0.220. The fraction of sp³-hybridized carbons (Fsp3) is 0.412. The molecule has 0 bridgehead atoms. The van der Waals surface area contributed by atoms with Crippen LogP contribution in [0.1, 0.15) is 10.6 Å². The summed E-state index contributed by atoms with van der Waals surface area (Å²) in [4.78, 5) is 22.4. The Kier molecular flexibility index (Phi) is 5.23. The molecular formula is C17H21N3OS2. The molecule has 0 radical (unpaired) electrons. The fourth-order valence-electron chi connectivity index (χ4n) is 2.75. The maximum absolute atomic E-state index is 12.5. The van der Waals surface area contributed by atoms with Crippen LogP contribution >= 0.6 is 23.1 Å². The third-order valence-electron chi connectivity index (χ3n) is 4.11. The van der Waals surface area contributed by atoms with Gasteiger partial charge in [0.2, 0.25) is 5.91 Å². The molecule has 4 nitrogen and oxygen atoms in total. The molecule has 122 valence electrons. The van der Waals surface area contributed by atoms with Crippen molar-refractivity contribution < 1.29 is 4.79 Å². The summed E-state index contributed by atoms with van der Waals surface area (Å²) in [6.45, 7) is 5.37. The summed E-state index contributed by atoms with van der Waals surface area (Å²) in [5, 5.41) is 0. The molecule has 0 N–H and O–H groups in total. The molecule has 0 unspecified atom stereocenters. The molecule has 1 amide bonds. The molecule has 0 saturated carbocycles. The third-order valence-corrected chi connectivity index (χ3v) is 6.26. The van der Waals surface area contributed by atoms with Crippen molar-refractivity contribution in [3.63, 3.8) is 0 Å². The molecule has 1 aliphatic heterocycles. The van der Waals surface area contributed by atoms with Crippen LogP contribution in [0.15, 0.2) is 34.7 Å². The lowest BCUT2D eigenvalue weighted by Crippen LogP contribution is -2.49. The lowest BCUT2D eigenvalue weighted by molar-refractivity contribution is -0.130. The Morgan fingerprint density at radius 3 is 2.52 bits per heavy atom. The molecule has 3 rings (SSSR count). The number of thiazole rings is 1. The quantitative estimate of drug-likeness (QED) is 0.797. The van der Waals surface area contributed by atoms with Gasteiger partial charge in [0, 0.05) is 36.7 Å². The van der Waals surface area contributed by atoms with Crippen LogP contribution in [0, 0.1) is 6.92 Å². The summed E-state index contributed by atoms with van der Waals surface area (Å²) in [5.74, 6) is 0.220. The van der Waals surface area contributed by atoms with Gasteiger partial charge in [0.05, 0.1) is 12.1 Å². The number of para-hydroxylation sites is 1. The number of hydrogen-bond donors (Lipinski definition) is 0. The number of nitrogens with zero attached hydrogens (tertiary/aromatic N) is 3. The summed E-state index contributed by atoms with van der Waals surface area (Å²) < 4.78 is 1.04. The summed E-state index contributed by atoms with van der Waals surface area (Å²) in [7, 11) is 0. The Bertz CT molecular complexity index is 664. The lowest BCUT2D eigenvalue weighted by Gasteiger charge is -2.36. The van der Waals surface area contributed by atoms with Gasteiger partial charge in [0.15, 0.2) is 0 Å². The second-order valence-corrected chi connectivity index (χ2v) is 7.71. The van der Waals surface area contributed by atoms with Gasteiger partial charge in [-0.3, -0.25) is 4.79 Å². The number of aromatic nitrogens is 1. The first-order valence-corrected chi connectivity index (χ1v) is 9.79. The van der Waals surface area contributed by atoms with Crippen LogP contribution in [0.5, 0.6) is 0 Å². The summed E-state index contributed by atoms with van der Waals surface area (Å²) >= 11 is 3.28. The van der Waals surface area contributed by atoms with Crippen molar-refractivity contribution >= 4 is 34.7 Å². The van der Waals surface area contributed by atoms with Gasteiger partial charge in [0.1, 0.15) is 4.34 Å². The predicted molar refractivity (Wildman–Crippen MR) is 97.6 cm³/mol. The number of carbonyl (C=O) groups is 1. The summed E-state index contributed by atoms with van der Waals surface area (Å²) in [6, 6.07) is 10.4. The monoisotopic (exact) mass is 347 g/mol. The van der Waals surface area contributed by atoms with Crippen LogP contribution in [0.2, 0.25) is 0 Å². The van der Waals surface area contributed by atoms with Crippen molar-refractivity contribution in [3.05, 3.63) is 40.9 Å². The zero-order valence-corrected chi connectivity index (χ0v) is 15.1. The van der Waals surface area contributed by atoms with Gasteiger partial charge in [0.25, 0.3) is 0 Å². The largest absolute Gasteiger partial charge is 0.368 e. The lowest BCUT2D eigenvalue weighted by atomic mass is 10.2. The number of carbonyl (C=O) groups excluding carboxylic acids is 1. The van der Waals surface area contributed by atoms with E-state index < -0.39 is 0 Å². The zero-order chi connectivity index (χ0) is 16.2. The van der Waals surface area contributed by atoms with E-state index in [1.54, 1.807) is 23.1 Å². The van der Waals surface area contributed by atoms with Gasteiger partial charge in [-0.2, -0.15) is 0 Å². The smallest absolute Gasteiger partial charge is 0.228 e. The molecule has 2 heterocycles. The number of thioether (sulfide) groups is 1. The van der Waals surface area contributed by atoms with E-state index in [4.69, 9.17) is 0 Å². The van der Waals surface area contributed by atoms with Crippen LogP contribution < -0.4 is 4.90 Å². The number of hydrogen-bond acceptors (Lipinski definition) is 5. The first-order chi connectivity index (χ1) is 11.2. The van der Waals surface area contributed by atoms with Gasteiger partial charge < -0.3 is 9.80 Å². The SMILES string of the molecule is CSc1nc(C)c(CC(=O)N2CCN(c3ccccc3)CC2)s1. The third kappa shape index (κ3) is 3.87. The van der Waals surface area contributed by atoms with E-state index in [1.165, 1.54) is 5.69 Å². The zero-order valence-electron chi connectivity index (χ0n) is 13.5. The van der Waals surface area contributed by atoms with E-state index in [9.17, 15) is 4.79 Å². The van der Waals surface area contributed by atoms with E-state index >= 15 is 0 Å². The Hall–Kier alpha value is -1.53. The average molecular weight is 348 g/mol. The Balaban J connectivity index is 1.57. The molecule has 23 heavy (non-hydrogen) atoms. The Labute approximate surface area is 145 Å². The molecule has 1 saturated heterocycles. The molecule has 6 heteroatoms. The molecule has 2 aromatic rings. The molecule has 0 atom stereocenters. The summed E-state index contributed by atoms with van der Waals surface area (Å²) in [5.41, 5.74) is 2.23. The Morgan fingerprint density at radius 1 is 1.22 bits per heavy atom. The van der Waals surface area contributed by atoms with E-state index in [2.05, 4.69) is 34.1 Å². The molecule has 1 aromatic carbocycles. The predicted octanol–water partition coefficient (Wildman–Crippen LogP) is 3.06. The first-order valence-electron chi connectivity index (χ1n) is 7.75. The molecular weight excluding hydrogens is 326 g/mol. The minimum Gasteiger partial charge on any atom is -0.368 e. The number of amides is 1. The highest BCUT2D eigenvalue weighted by Crippen LogP contribution is 2.26. The molecule has 1 fully saturated rings. The van der Waals surface area contributed by atoms with Crippen molar-refractivity contribution in [2.24, 2.45) is 0 Å². The van der Waals surface area contributed by atoms with Gasteiger partial charge in [-0.05, 0) is 25.3 Å². The van der Waals surface area contributed by atoms with Crippen LogP contribution in [0.4, 0.5) is 5.69 Å². The van der Waals surface area contributed by atoms with Crippen molar-refractivity contribution in [1.82, 2.24) is 9.88 Å². The molecule has 1 aromatic heterocycles. The fourth-order valence-corrected chi connectivity index (χ4v) is 4.40. The van der Waals surface area contributed by atoms with E-state index in [1.807, 2.05) is 24.1 Å². The number of rotatable bonds is 4. The van der Waals surface area contributed by atoms with Crippen molar-refractivity contribution in [3.8, 4) is 0 Å². The number of benzene rings is 1. The van der Waals surface area contributed by atoms with Crippen LogP contribution in [0.3, 0.4) is 0 Å². The number of anilines is 1. The second kappa shape index (κ2) is 7.36. The Morgan fingerprint density at radius 2 is 1.91 bits per heavy atom. The highest BCUT2D eigenvalue weighted by molar-refractivity contribution is 8.00. The number of aryl methyl sites for hydroxylation is 1. The minimum atomic E-state index is 0.220. The maximum Gasteiger partial charge on any atom is 0.228 e. The number of piperazine rings is 1. The van der Waals surface area contributed by atoms with E-state index in [-0.39, 0.29) is 5.91 Å². The molecule has 0 spiro atoms. The van der Waals surface area contributed by atoms with Gasteiger partial charge >= 0.3 is 0 Å². The van der Waals surface area contributed by atoms with E-state index in [0.29, 0.717) is 6.42 Å². The van der Waals surface area contributed by atoms with Crippen LogP contribution in [0.25, 0.3) is 0 Å². The normalized spacial score (nSPS) is 15.0. The summed E-state index contributed by atoms with van der Waals surface area (Å²) in [6.07, 6.45) is 2.50. The highest BCUT2D eigenvalue weighted by Gasteiger charge is 2.22.